The van der Waals surface area contributed by atoms with Gasteiger partial charge in [0.05, 0.1) is 0 Å². The van der Waals surface area contributed by atoms with Crippen molar-refractivity contribution in [3.05, 3.63) is 12.2 Å². The van der Waals surface area contributed by atoms with Crippen LogP contribution < -0.4 is 0 Å². The van der Waals surface area contributed by atoms with E-state index in [2.05, 4.69) is 12.2 Å². The molecule has 0 amide bonds. The van der Waals surface area contributed by atoms with E-state index in [1.165, 1.54) is 0 Å². The Hall–Kier alpha value is -1.40. The summed E-state index contributed by atoms with van der Waals surface area (Å²) in [7, 11) is 0. The van der Waals surface area contributed by atoms with Crippen molar-refractivity contribution in [3.63, 3.8) is 0 Å². The third-order valence-corrected chi connectivity index (χ3v) is 3.93. The first-order valence-electron chi connectivity index (χ1n) is 8.92. The number of aliphatic hydroxyl groups is 2. The molecule has 0 spiro atoms. The molecule has 0 heterocycles. The Labute approximate surface area is 144 Å². The lowest BCUT2D eigenvalue weighted by Gasteiger charge is -2.04. The van der Waals surface area contributed by atoms with Gasteiger partial charge in [-0.3, -0.25) is 0 Å². The van der Waals surface area contributed by atoms with E-state index in [0.29, 0.717) is 12.8 Å². The molecule has 0 aliphatic rings. The summed E-state index contributed by atoms with van der Waals surface area (Å²) < 4.78 is 0. The standard InChI is InChI=1S/C18H32O6/c19-15(17(21)22)13-11-9-7-5-3-1-2-4-6-8-10-12-14-16(20)18(23)24/h1-2,15-16,19-20H,3-14H2,(H,21,22)(H,23,24)/b2-1-. The maximum atomic E-state index is 10.4. The predicted molar refractivity (Wildman–Crippen MR) is 91.8 cm³/mol. The number of hydrogen-bond donors (Lipinski definition) is 4. The summed E-state index contributed by atoms with van der Waals surface area (Å²) in [6.07, 6.45) is 12.2. The number of rotatable bonds is 16. The summed E-state index contributed by atoms with van der Waals surface area (Å²) in [6, 6.07) is 0. The van der Waals surface area contributed by atoms with Gasteiger partial charge in [-0.1, -0.05) is 50.7 Å². The number of aliphatic carboxylic acids is 2. The third kappa shape index (κ3) is 14.2. The zero-order valence-electron chi connectivity index (χ0n) is 14.4. The number of aliphatic hydroxyl groups excluding tert-OH is 2. The van der Waals surface area contributed by atoms with Crippen LogP contribution in [0, 0.1) is 0 Å². The van der Waals surface area contributed by atoms with E-state index in [1.54, 1.807) is 0 Å². The maximum Gasteiger partial charge on any atom is 0.332 e. The van der Waals surface area contributed by atoms with Crippen molar-refractivity contribution in [2.45, 2.75) is 89.3 Å². The molecule has 6 nitrogen and oxygen atoms in total. The van der Waals surface area contributed by atoms with Crippen LogP contribution in [-0.2, 0) is 9.59 Å². The second-order valence-corrected chi connectivity index (χ2v) is 6.16. The van der Waals surface area contributed by atoms with Crippen molar-refractivity contribution >= 4 is 11.9 Å². The van der Waals surface area contributed by atoms with Gasteiger partial charge in [-0.05, 0) is 38.5 Å². The van der Waals surface area contributed by atoms with Gasteiger partial charge in [0.1, 0.15) is 0 Å². The number of carboxylic acid groups (broad SMARTS) is 2. The average molecular weight is 344 g/mol. The molecular weight excluding hydrogens is 312 g/mol. The molecule has 0 saturated heterocycles. The van der Waals surface area contributed by atoms with E-state index in [0.717, 1.165) is 64.2 Å². The number of allylic oxidation sites excluding steroid dienone is 2. The second-order valence-electron chi connectivity index (χ2n) is 6.16. The van der Waals surface area contributed by atoms with Crippen molar-refractivity contribution in [1.29, 1.82) is 0 Å². The highest BCUT2D eigenvalue weighted by Crippen LogP contribution is 2.10. The van der Waals surface area contributed by atoms with Crippen LogP contribution >= 0.6 is 0 Å². The van der Waals surface area contributed by atoms with Crippen molar-refractivity contribution in [2.24, 2.45) is 0 Å². The number of hydrogen-bond acceptors (Lipinski definition) is 4. The fourth-order valence-corrected chi connectivity index (χ4v) is 2.39. The van der Waals surface area contributed by atoms with Crippen LogP contribution in [0.4, 0.5) is 0 Å². The van der Waals surface area contributed by atoms with Crippen molar-refractivity contribution in [2.75, 3.05) is 0 Å². The first-order valence-corrected chi connectivity index (χ1v) is 8.92. The van der Waals surface area contributed by atoms with Gasteiger partial charge < -0.3 is 20.4 Å². The van der Waals surface area contributed by atoms with Gasteiger partial charge in [0, 0.05) is 0 Å². The van der Waals surface area contributed by atoms with Gasteiger partial charge >= 0.3 is 11.9 Å². The monoisotopic (exact) mass is 344 g/mol. The molecule has 2 unspecified atom stereocenters. The van der Waals surface area contributed by atoms with Crippen LogP contribution in [0.3, 0.4) is 0 Å². The highest BCUT2D eigenvalue weighted by molar-refractivity contribution is 5.72. The van der Waals surface area contributed by atoms with Crippen LogP contribution in [0.1, 0.15) is 77.0 Å². The fraction of sp³-hybridized carbons (Fsp3) is 0.778. The van der Waals surface area contributed by atoms with Crippen LogP contribution in [-0.4, -0.2) is 44.6 Å². The molecule has 4 N–H and O–H groups in total. The van der Waals surface area contributed by atoms with E-state index < -0.39 is 24.1 Å². The molecule has 0 rings (SSSR count). The number of carbonyl (C=O) groups is 2. The zero-order chi connectivity index (χ0) is 18.2. The lowest BCUT2D eigenvalue weighted by molar-refractivity contribution is -0.147. The highest BCUT2D eigenvalue weighted by Gasteiger charge is 2.12. The zero-order valence-corrected chi connectivity index (χ0v) is 14.4. The van der Waals surface area contributed by atoms with Gasteiger partial charge in [-0.15, -0.1) is 0 Å². The Morgan fingerprint density at radius 3 is 1.29 bits per heavy atom. The minimum absolute atomic E-state index is 0.328. The Balaban J connectivity index is 3.27. The summed E-state index contributed by atoms with van der Waals surface area (Å²) >= 11 is 0. The van der Waals surface area contributed by atoms with Crippen LogP contribution in [0.15, 0.2) is 12.2 Å². The minimum Gasteiger partial charge on any atom is -0.479 e. The van der Waals surface area contributed by atoms with Crippen molar-refractivity contribution in [3.8, 4) is 0 Å². The molecule has 0 fully saturated rings. The molecule has 0 saturated carbocycles. The molecular formula is C18H32O6. The second kappa shape index (κ2) is 15.1. The Bertz CT molecular complexity index is 333. The summed E-state index contributed by atoms with van der Waals surface area (Å²) in [6.45, 7) is 0. The predicted octanol–water partition coefficient (Wildman–Crippen LogP) is 3.11. The molecule has 0 aromatic carbocycles. The number of carboxylic acids is 2. The third-order valence-electron chi connectivity index (χ3n) is 3.93. The molecule has 6 heteroatoms. The normalized spacial score (nSPS) is 13.9. The minimum atomic E-state index is -1.22. The molecule has 2 atom stereocenters. The van der Waals surface area contributed by atoms with E-state index in [4.69, 9.17) is 20.4 Å². The summed E-state index contributed by atoms with van der Waals surface area (Å²) in [5, 5.41) is 35.3. The fourth-order valence-electron chi connectivity index (χ4n) is 2.39. The smallest absolute Gasteiger partial charge is 0.332 e. The SMILES string of the molecule is O=C(O)C(O)CCCCCC/C=C\CCCCCCC(O)C(=O)O. The average Bonchev–Trinajstić information content (AvgIpc) is 2.54. The Morgan fingerprint density at radius 1 is 0.625 bits per heavy atom. The van der Waals surface area contributed by atoms with Gasteiger partial charge in [-0.25, -0.2) is 9.59 Å². The molecule has 0 aromatic heterocycles. The number of unbranched alkanes of at least 4 members (excludes halogenated alkanes) is 8. The maximum absolute atomic E-state index is 10.4. The quantitative estimate of drug-likeness (QED) is 0.253. The van der Waals surface area contributed by atoms with Gasteiger partial charge in [0.25, 0.3) is 0 Å². The topological polar surface area (TPSA) is 115 Å². The Kier molecular flexibility index (Phi) is 14.3. The highest BCUT2D eigenvalue weighted by atomic mass is 16.4. The lowest BCUT2D eigenvalue weighted by atomic mass is 10.1. The largest absolute Gasteiger partial charge is 0.479 e. The van der Waals surface area contributed by atoms with E-state index in [1.807, 2.05) is 0 Å². The van der Waals surface area contributed by atoms with Crippen molar-refractivity contribution in [1.82, 2.24) is 0 Å². The summed E-state index contributed by atoms with van der Waals surface area (Å²) in [4.78, 5) is 20.8. The molecule has 0 aliphatic heterocycles. The first-order chi connectivity index (χ1) is 11.4. The van der Waals surface area contributed by atoms with Gasteiger partial charge in [-0.2, -0.15) is 0 Å². The Morgan fingerprint density at radius 2 is 0.958 bits per heavy atom. The summed E-state index contributed by atoms with van der Waals surface area (Å²) in [5.41, 5.74) is 0. The molecule has 0 aromatic rings. The van der Waals surface area contributed by atoms with Crippen LogP contribution in [0.2, 0.25) is 0 Å². The van der Waals surface area contributed by atoms with E-state index in [-0.39, 0.29) is 0 Å². The molecule has 24 heavy (non-hydrogen) atoms. The first kappa shape index (κ1) is 22.6. The van der Waals surface area contributed by atoms with E-state index >= 15 is 0 Å². The molecule has 140 valence electrons. The van der Waals surface area contributed by atoms with Gasteiger partial charge in [0.2, 0.25) is 0 Å². The van der Waals surface area contributed by atoms with E-state index in [9.17, 15) is 9.59 Å². The van der Waals surface area contributed by atoms with Crippen molar-refractivity contribution < 1.29 is 30.0 Å². The van der Waals surface area contributed by atoms with Crippen LogP contribution in [0.25, 0.3) is 0 Å². The van der Waals surface area contributed by atoms with Gasteiger partial charge in [0.15, 0.2) is 12.2 Å². The summed E-state index contributed by atoms with van der Waals surface area (Å²) in [5.74, 6) is -2.29. The van der Waals surface area contributed by atoms with Crippen LogP contribution in [0.5, 0.6) is 0 Å². The lowest BCUT2D eigenvalue weighted by Crippen LogP contribution is -2.18. The molecule has 0 bridgehead atoms. The molecule has 0 aliphatic carbocycles. The molecule has 0 radical (unpaired) electrons.